The van der Waals surface area contributed by atoms with E-state index in [-0.39, 0.29) is 11.0 Å². The molecule has 0 radical (unpaired) electrons. The number of halogens is 1. The van der Waals surface area contributed by atoms with Gasteiger partial charge >= 0.3 is 0 Å². The average molecular weight is 228 g/mol. The van der Waals surface area contributed by atoms with E-state index in [0.29, 0.717) is 5.88 Å². The summed E-state index contributed by atoms with van der Waals surface area (Å²) < 4.78 is 2.20. The molecule has 4 heteroatoms. The highest BCUT2D eigenvalue weighted by molar-refractivity contribution is 6.16. The minimum Gasteiger partial charge on any atom is -0.308 e. The first-order valence-corrected chi connectivity index (χ1v) is 5.93. The zero-order valence-electron chi connectivity index (χ0n) is 9.84. The highest BCUT2D eigenvalue weighted by atomic mass is 35.5. The molecule has 1 aromatic heterocycles. The van der Waals surface area contributed by atoms with Crippen molar-refractivity contribution in [1.82, 2.24) is 14.8 Å². The third-order valence-electron chi connectivity index (χ3n) is 3.06. The molecule has 0 atom stereocenters. The van der Waals surface area contributed by atoms with Gasteiger partial charge in [0.25, 0.3) is 0 Å². The number of aromatic nitrogens is 3. The molecule has 3 nitrogen and oxygen atoms in total. The van der Waals surface area contributed by atoms with Crippen LogP contribution in [0.25, 0.3) is 0 Å². The molecular weight excluding hydrogens is 210 g/mol. The molecule has 0 aromatic carbocycles. The molecule has 0 bridgehead atoms. The second-order valence-corrected chi connectivity index (χ2v) is 5.91. The average Bonchev–Trinajstić information content (AvgIpc) is 2.73. The third kappa shape index (κ3) is 1.78. The molecule has 0 N–H and O–H groups in total. The van der Waals surface area contributed by atoms with Gasteiger partial charge in [-0.25, -0.2) is 0 Å². The maximum Gasteiger partial charge on any atom is 0.148 e. The summed E-state index contributed by atoms with van der Waals surface area (Å²) in [5.41, 5.74) is 0.249. The van der Waals surface area contributed by atoms with Gasteiger partial charge in [0.05, 0.1) is 5.88 Å². The van der Waals surface area contributed by atoms with Crippen LogP contribution in [0.3, 0.4) is 0 Å². The Kier molecular flexibility index (Phi) is 2.34. The number of rotatable bonds is 2. The Morgan fingerprint density at radius 3 is 2.33 bits per heavy atom. The largest absolute Gasteiger partial charge is 0.308 e. The molecule has 1 aliphatic rings. The predicted octanol–water partition coefficient (Wildman–Crippen LogP) is 2.82. The van der Waals surface area contributed by atoms with Crippen molar-refractivity contribution in [2.45, 2.75) is 57.4 Å². The van der Waals surface area contributed by atoms with Crippen LogP contribution >= 0.6 is 11.6 Å². The van der Waals surface area contributed by atoms with E-state index >= 15 is 0 Å². The van der Waals surface area contributed by atoms with Crippen molar-refractivity contribution < 1.29 is 0 Å². The van der Waals surface area contributed by atoms with Gasteiger partial charge in [-0.2, -0.15) is 0 Å². The van der Waals surface area contributed by atoms with E-state index < -0.39 is 0 Å². The Balaban J connectivity index is 2.52. The first-order chi connectivity index (χ1) is 6.88. The van der Waals surface area contributed by atoms with E-state index in [1.807, 2.05) is 0 Å². The van der Waals surface area contributed by atoms with Crippen LogP contribution in [0.4, 0.5) is 0 Å². The zero-order chi connectivity index (χ0) is 11.3. The van der Waals surface area contributed by atoms with Crippen molar-refractivity contribution in [3.05, 3.63) is 11.6 Å². The summed E-state index contributed by atoms with van der Waals surface area (Å²) in [6, 6.07) is 0. The monoisotopic (exact) mass is 227 g/mol. The van der Waals surface area contributed by atoms with Gasteiger partial charge in [0.15, 0.2) is 0 Å². The topological polar surface area (TPSA) is 30.7 Å². The molecule has 0 amide bonds. The third-order valence-corrected chi connectivity index (χ3v) is 3.30. The minimum atomic E-state index is 0.00859. The van der Waals surface area contributed by atoms with E-state index in [4.69, 9.17) is 11.6 Å². The lowest BCUT2D eigenvalue weighted by Crippen LogP contribution is -2.28. The Bertz CT molecular complexity index is 372. The number of hydrogen-bond donors (Lipinski definition) is 0. The number of hydrogen-bond acceptors (Lipinski definition) is 2. The summed E-state index contributed by atoms with van der Waals surface area (Å²) in [6.45, 7) is 8.75. The molecule has 2 rings (SSSR count). The van der Waals surface area contributed by atoms with Gasteiger partial charge in [-0.15, -0.1) is 21.8 Å². The normalized spacial score (nSPS) is 19.3. The predicted molar refractivity (Wildman–Crippen MR) is 61.2 cm³/mol. The molecule has 1 aliphatic carbocycles. The fourth-order valence-corrected chi connectivity index (χ4v) is 2.08. The molecule has 1 aromatic rings. The van der Waals surface area contributed by atoms with E-state index in [1.54, 1.807) is 0 Å². The van der Waals surface area contributed by atoms with Gasteiger partial charge in [0.1, 0.15) is 11.6 Å². The summed E-state index contributed by atoms with van der Waals surface area (Å²) >= 11 is 5.90. The maximum atomic E-state index is 5.90. The fraction of sp³-hybridized carbons (Fsp3) is 0.818. The minimum absolute atomic E-state index is 0.00859. The number of alkyl halides is 1. The molecule has 0 spiro atoms. The van der Waals surface area contributed by atoms with Crippen molar-refractivity contribution >= 4 is 11.6 Å². The summed E-state index contributed by atoms with van der Waals surface area (Å²) in [7, 11) is 0. The summed E-state index contributed by atoms with van der Waals surface area (Å²) in [5, 5.41) is 8.50. The van der Waals surface area contributed by atoms with E-state index in [2.05, 4.69) is 42.5 Å². The smallest absolute Gasteiger partial charge is 0.148 e. The molecule has 1 fully saturated rings. The Morgan fingerprint density at radius 2 is 1.93 bits per heavy atom. The van der Waals surface area contributed by atoms with Gasteiger partial charge in [-0.1, -0.05) is 6.92 Å². The number of nitrogens with zero attached hydrogens (tertiary/aromatic N) is 3. The molecule has 1 saturated carbocycles. The van der Waals surface area contributed by atoms with Crippen molar-refractivity contribution in [2.24, 2.45) is 0 Å². The molecule has 0 unspecified atom stereocenters. The van der Waals surface area contributed by atoms with Crippen LogP contribution in [0.1, 0.15) is 52.2 Å². The van der Waals surface area contributed by atoms with Gasteiger partial charge < -0.3 is 4.57 Å². The molecule has 15 heavy (non-hydrogen) atoms. The van der Waals surface area contributed by atoms with Crippen molar-refractivity contribution in [3.8, 4) is 0 Å². The highest BCUT2D eigenvalue weighted by Crippen LogP contribution is 2.47. The Labute approximate surface area is 95.8 Å². The summed E-state index contributed by atoms with van der Waals surface area (Å²) in [5.74, 6) is 2.42. The standard InChI is InChI=1S/C11H18ClN3/c1-10(2,3)15-8(7-12)13-14-9(15)11(4)5-6-11/h5-7H2,1-4H3. The van der Waals surface area contributed by atoms with Crippen LogP contribution in [-0.2, 0) is 16.8 Å². The van der Waals surface area contributed by atoms with E-state index in [0.717, 1.165) is 11.6 Å². The first-order valence-electron chi connectivity index (χ1n) is 5.40. The lowest BCUT2D eigenvalue weighted by molar-refractivity contribution is 0.362. The summed E-state index contributed by atoms with van der Waals surface area (Å²) in [4.78, 5) is 0. The van der Waals surface area contributed by atoms with Gasteiger partial charge in [-0.05, 0) is 33.6 Å². The zero-order valence-corrected chi connectivity index (χ0v) is 10.6. The second-order valence-electron chi connectivity index (χ2n) is 5.64. The lowest BCUT2D eigenvalue weighted by atomic mass is 10.0. The molecule has 0 aliphatic heterocycles. The van der Waals surface area contributed by atoms with E-state index in [1.165, 1.54) is 12.8 Å². The lowest BCUT2D eigenvalue weighted by Gasteiger charge is -2.26. The summed E-state index contributed by atoms with van der Waals surface area (Å²) in [6.07, 6.45) is 2.42. The van der Waals surface area contributed by atoms with Gasteiger partial charge in [-0.3, -0.25) is 0 Å². The Morgan fingerprint density at radius 1 is 1.33 bits per heavy atom. The van der Waals surface area contributed by atoms with Crippen LogP contribution in [0.15, 0.2) is 0 Å². The van der Waals surface area contributed by atoms with Crippen LogP contribution in [0, 0.1) is 0 Å². The van der Waals surface area contributed by atoms with Crippen molar-refractivity contribution in [1.29, 1.82) is 0 Å². The van der Waals surface area contributed by atoms with Gasteiger partial charge in [0, 0.05) is 11.0 Å². The molecule has 1 heterocycles. The molecular formula is C11H18ClN3. The van der Waals surface area contributed by atoms with Crippen LogP contribution in [0.2, 0.25) is 0 Å². The van der Waals surface area contributed by atoms with Crippen molar-refractivity contribution in [3.63, 3.8) is 0 Å². The quantitative estimate of drug-likeness (QED) is 0.728. The fourth-order valence-electron chi connectivity index (χ4n) is 1.91. The second kappa shape index (κ2) is 3.21. The van der Waals surface area contributed by atoms with Crippen LogP contribution < -0.4 is 0 Å². The highest BCUT2D eigenvalue weighted by Gasteiger charge is 2.45. The SMILES string of the molecule is CC1(c2nnc(CCl)n2C(C)(C)C)CC1. The Hall–Kier alpha value is -0.570. The first kappa shape index (κ1) is 10.9. The molecule has 84 valence electrons. The van der Waals surface area contributed by atoms with Gasteiger partial charge in [0.2, 0.25) is 0 Å². The van der Waals surface area contributed by atoms with E-state index in [9.17, 15) is 0 Å². The molecule has 0 saturated heterocycles. The van der Waals surface area contributed by atoms with Crippen LogP contribution in [-0.4, -0.2) is 14.8 Å². The maximum absolute atomic E-state index is 5.90. The van der Waals surface area contributed by atoms with Crippen LogP contribution in [0.5, 0.6) is 0 Å². The van der Waals surface area contributed by atoms with Crippen molar-refractivity contribution in [2.75, 3.05) is 0 Å².